The Morgan fingerprint density at radius 3 is 2.59 bits per heavy atom. The van der Waals surface area contributed by atoms with E-state index in [1.807, 2.05) is 12.1 Å². The lowest BCUT2D eigenvalue weighted by Crippen LogP contribution is -2.26. The van der Waals surface area contributed by atoms with Gasteiger partial charge in [-0.15, -0.1) is 0 Å². The van der Waals surface area contributed by atoms with Gasteiger partial charge in [0.2, 0.25) is 0 Å². The molecule has 7 nitrogen and oxygen atoms in total. The van der Waals surface area contributed by atoms with Crippen LogP contribution < -0.4 is 16.1 Å². The number of hydrogen-bond acceptors (Lipinski definition) is 4. The van der Waals surface area contributed by atoms with E-state index in [4.69, 9.17) is 12.2 Å². The monoisotopic (exact) mass is 471 g/mol. The molecule has 0 atom stereocenters. The van der Waals surface area contributed by atoms with Gasteiger partial charge in [0, 0.05) is 40.0 Å². The van der Waals surface area contributed by atoms with Crippen LogP contribution in [0.25, 0.3) is 10.9 Å². The quantitative estimate of drug-likeness (QED) is 0.155. The van der Waals surface area contributed by atoms with Crippen molar-refractivity contribution in [3.8, 4) is 5.75 Å². The Kier molecular flexibility index (Phi) is 7.19. The molecule has 0 unspecified atom stereocenters. The van der Waals surface area contributed by atoms with Crippen molar-refractivity contribution in [2.45, 2.75) is 13.3 Å². The van der Waals surface area contributed by atoms with Crippen LogP contribution in [0.15, 0.2) is 77.9 Å². The number of hydrazone groups is 1. The molecule has 1 aromatic heterocycles. The van der Waals surface area contributed by atoms with Crippen LogP contribution >= 0.6 is 12.2 Å². The third kappa shape index (κ3) is 5.60. The highest BCUT2D eigenvalue weighted by atomic mass is 32.1. The molecule has 0 aliphatic rings. The lowest BCUT2D eigenvalue weighted by Gasteiger charge is -2.09. The van der Waals surface area contributed by atoms with Gasteiger partial charge in [-0.25, -0.2) is 0 Å². The van der Waals surface area contributed by atoms with E-state index < -0.39 is 0 Å². The second-order valence-electron chi connectivity index (χ2n) is 7.74. The Balaban J connectivity index is 1.26. The molecule has 1 heterocycles. The van der Waals surface area contributed by atoms with Crippen LogP contribution in [0.5, 0.6) is 5.75 Å². The normalized spacial score (nSPS) is 11.0. The highest BCUT2D eigenvalue weighted by Gasteiger charge is 2.10. The first-order valence-electron chi connectivity index (χ1n) is 10.8. The summed E-state index contributed by atoms with van der Waals surface area (Å²) in [7, 11) is 0. The lowest BCUT2D eigenvalue weighted by molar-refractivity contribution is 0.0954. The molecule has 0 radical (unpaired) electrons. The van der Waals surface area contributed by atoms with Crippen LogP contribution in [0.3, 0.4) is 0 Å². The van der Waals surface area contributed by atoms with Crippen LogP contribution in [0.1, 0.15) is 27.2 Å². The number of amides is 1. The van der Waals surface area contributed by atoms with Gasteiger partial charge >= 0.3 is 0 Å². The number of aryl methyl sites for hydroxylation is 1. The van der Waals surface area contributed by atoms with Gasteiger partial charge < -0.3 is 20.7 Å². The fourth-order valence-corrected chi connectivity index (χ4v) is 3.85. The first kappa shape index (κ1) is 23.0. The highest BCUT2D eigenvalue weighted by molar-refractivity contribution is 7.80. The van der Waals surface area contributed by atoms with Crippen molar-refractivity contribution in [1.82, 2.24) is 15.7 Å². The molecule has 1 amide bonds. The van der Waals surface area contributed by atoms with Crippen LogP contribution in [-0.2, 0) is 6.42 Å². The van der Waals surface area contributed by atoms with Gasteiger partial charge in [-0.3, -0.25) is 10.2 Å². The number of fused-ring (bicyclic) bond motifs is 1. The van der Waals surface area contributed by atoms with Crippen molar-refractivity contribution < 1.29 is 9.90 Å². The van der Waals surface area contributed by atoms with Gasteiger partial charge in [-0.05, 0) is 73.6 Å². The summed E-state index contributed by atoms with van der Waals surface area (Å²) in [4.78, 5) is 15.9. The van der Waals surface area contributed by atoms with Crippen LogP contribution in [-0.4, -0.2) is 33.9 Å². The van der Waals surface area contributed by atoms with E-state index in [0.29, 0.717) is 17.7 Å². The molecule has 0 aliphatic carbocycles. The topological polar surface area (TPSA) is 102 Å². The molecule has 4 rings (SSSR count). The Morgan fingerprint density at radius 1 is 1.06 bits per heavy atom. The number of nitrogens with one attached hydrogen (secondary N) is 4. The minimum Gasteiger partial charge on any atom is -0.507 e. The van der Waals surface area contributed by atoms with Gasteiger partial charge in [-0.2, -0.15) is 5.10 Å². The maximum absolute atomic E-state index is 12.5. The van der Waals surface area contributed by atoms with Crippen molar-refractivity contribution in [2.24, 2.45) is 5.10 Å². The summed E-state index contributed by atoms with van der Waals surface area (Å²) in [5.74, 6) is 0.00870. The third-order valence-corrected chi connectivity index (χ3v) is 5.59. The molecule has 0 spiro atoms. The second-order valence-corrected chi connectivity index (χ2v) is 8.15. The number of rotatable bonds is 7. The van der Waals surface area contributed by atoms with Gasteiger partial charge in [0.05, 0.1) is 6.21 Å². The minimum absolute atomic E-state index is 0.128. The maximum Gasteiger partial charge on any atom is 0.251 e. The first-order chi connectivity index (χ1) is 16.5. The van der Waals surface area contributed by atoms with Crippen molar-refractivity contribution >= 4 is 46.0 Å². The van der Waals surface area contributed by atoms with Crippen LogP contribution in [0.4, 0.5) is 5.69 Å². The Bertz CT molecular complexity index is 1350. The Labute approximate surface area is 202 Å². The first-order valence-corrected chi connectivity index (χ1v) is 11.2. The van der Waals surface area contributed by atoms with E-state index in [2.05, 4.69) is 45.2 Å². The maximum atomic E-state index is 12.5. The highest BCUT2D eigenvalue weighted by Crippen LogP contribution is 2.22. The molecule has 34 heavy (non-hydrogen) atoms. The predicted octanol–water partition coefficient (Wildman–Crippen LogP) is 4.47. The zero-order valence-electron chi connectivity index (χ0n) is 18.6. The van der Waals surface area contributed by atoms with Gasteiger partial charge in [0.25, 0.3) is 5.91 Å². The number of thiocarbonyl (C=S) groups is 1. The molecule has 5 N–H and O–H groups in total. The SMILES string of the molecule is Cc1[nH]c2ccccc2c1CCNC(=O)c1ccc(NC(=S)N/N=C/c2ccccc2O)cc1. The molecule has 0 saturated carbocycles. The van der Waals surface area contributed by atoms with Crippen molar-refractivity contribution in [3.63, 3.8) is 0 Å². The molecule has 8 heteroatoms. The Morgan fingerprint density at radius 2 is 1.79 bits per heavy atom. The summed E-state index contributed by atoms with van der Waals surface area (Å²) in [5.41, 5.74) is 8.03. The number of aromatic nitrogens is 1. The van der Waals surface area contributed by atoms with E-state index in [9.17, 15) is 9.90 Å². The Hall–Kier alpha value is -4.17. The van der Waals surface area contributed by atoms with Crippen molar-refractivity contribution in [1.29, 1.82) is 0 Å². The number of aromatic hydroxyl groups is 1. The zero-order chi connectivity index (χ0) is 23.9. The molecule has 0 saturated heterocycles. The number of benzene rings is 3. The fourth-order valence-electron chi connectivity index (χ4n) is 3.68. The minimum atomic E-state index is -0.128. The molecular formula is C26H25N5O2S. The molecule has 3 aromatic carbocycles. The van der Waals surface area contributed by atoms with Gasteiger partial charge in [-0.1, -0.05) is 30.3 Å². The summed E-state index contributed by atoms with van der Waals surface area (Å²) in [6.45, 7) is 2.60. The number of phenolic OH excluding ortho intramolecular Hbond substituents is 1. The molecular weight excluding hydrogens is 446 g/mol. The number of carbonyl (C=O) groups is 1. The largest absolute Gasteiger partial charge is 0.507 e. The zero-order valence-corrected chi connectivity index (χ0v) is 19.4. The standard InChI is InChI=1S/C26H25N5O2S/c1-17-21(22-7-3-4-8-23(22)29-17)14-15-27-25(33)18-10-12-20(13-11-18)30-26(34)31-28-16-19-6-2-5-9-24(19)32/h2-13,16,29,32H,14-15H2,1H3,(H,27,33)(H2,30,31,34)/b28-16+. The number of aromatic amines is 1. The summed E-state index contributed by atoms with van der Waals surface area (Å²) in [6, 6.07) is 22.1. The molecule has 0 fully saturated rings. The number of para-hydroxylation sites is 2. The molecule has 0 aliphatic heterocycles. The smallest absolute Gasteiger partial charge is 0.251 e. The number of phenols is 1. The van der Waals surface area contributed by atoms with Crippen LogP contribution in [0.2, 0.25) is 0 Å². The van der Waals surface area contributed by atoms with Crippen molar-refractivity contribution in [3.05, 3.63) is 95.2 Å². The fraction of sp³-hybridized carbons (Fsp3) is 0.115. The molecule has 4 aromatic rings. The van der Waals surface area contributed by atoms with Crippen LogP contribution in [0, 0.1) is 6.92 Å². The number of anilines is 1. The lowest BCUT2D eigenvalue weighted by atomic mass is 10.1. The van der Waals surface area contributed by atoms with E-state index >= 15 is 0 Å². The van der Waals surface area contributed by atoms with E-state index in [0.717, 1.165) is 23.3 Å². The predicted molar refractivity (Wildman–Crippen MR) is 141 cm³/mol. The third-order valence-electron chi connectivity index (χ3n) is 5.40. The average Bonchev–Trinajstić information content (AvgIpc) is 3.16. The number of H-pyrrole nitrogens is 1. The second kappa shape index (κ2) is 10.6. The number of carbonyl (C=O) groups excluding carboxylic acids is 1. The summed E-state index contributed by atoms with van der Waals surface area (Å²) in [6.07, 6.45) is 2.23. The molecule has 172 valence electrons. The van der Waals surface area contributed by atoms with Crippen molar-refractivity contribution in [2.75, 3.05) is 11.9 Å². The summed E-state index contributed by atoms with van der Waals surface area (Å²) >= 11 is 5.23. The average molecular weight is 472 g/mol. The van der Waals surface area contributed by atoms with Gasteiger partial charge in [0.1, 0.15) is 5.75 Å². The van der Waals surface area contributed by atoms with E-state index in [-0.39, 0.29) is 16.8 Å². The van der Waals surface area contributed by atoms with E-state index in [1.54, 1.807) is 48.5 Å². The van der Waals surface area contributed by atoms with Gasteiger partial charge in [0.15, 0.2) is 5.11 Å². The number of nitrogens with zero attached hydrogens (tertiary/aromatic N) is 1. The van der Waals surface area contributed by atoms with E-state index in [1.165, 1.54) is 17.2 Å². The number of hydrogen-bond donors (Lipinski definition) is 5. The summed E-state index contributed by atoms with van der Waals surface area (Å²) in [5, 5.41) is 21.2. The summed E-state index contributed by atoms with van der Waals surface area (Å²) < 4.78 is 0. The molecule has 0 bridgehead atoms.